The number of carbonyl (C=O) groups excluding carboxylic acids is 1. The fourth-order valence-electron chi connectivity index (χ4n) is 2.51. The predicted octanol–water partition coefficient (Wildman–Crippen LogP) is 4.49. The Morgan fingerprint density at radius 1 is 1.08 bits per heavy atom. The van der Waals surface area contributed by atoms with Crippen molar-refractivity contribution in [3.63, 3.8) is 0 Å². The van der Waals surface area contributed by atoms with E-state index in [1.54, 1.807) is 0 Å². The van der Waals surface area contributed by atoms with Gasteiger partial charge >= 0.3 is 0 Å². The number of carbonyl (C=O) groups is 1. The van der Waals surface area contributed by atoms with Crippen LogP contribution in [0.5, 0.6) is 5.75 Å². The van der Waals surface area contributed by atoms with E-state index in [4.69, 9.17) is 9.29 Å². The van der Waals surface area contributed by atoms with Crippen molar-refractivity contribution < 1.29 is 22.5 Å². The molecule has 0 fully saturated rings. The van der Waals surface area contributed by atoms with Gasteiger partial charge in [-0.1, -0.05) is 38.1 Å². The molecule has 2 rings (SSSR count). The number of rotatable bonds is 9. The first-order chi connectivity index (χ1) is 12.3. The normalized spacial score (nSPS) is 12.6. The molecular weight excluding hydrogens is 352 g/mol. The van der Waals surface area contributed by atoms with Gasteiger partial charge in [-0.2, -0.15) is 8.42 Å². The molecule has 1 unspecified atom stereocenters. The first-order valence-corrected chi connectivity index (χ1v) is 10.1. The largest absolute Gasteiger partial charge is 0.494 e. The lowest BCUT2D eigenvalue weighted by Gasteiger charge is -2.10. The van der Waals surface area contributed by atoms with E-state index in [0.29, 0.717) is 30.9 Å². The highest BCUT2D eigenvalue weighted by Crippen LogP contribution is 2.21. The smallest absolute Gasteiger partial charge is 0.294 e. The molecule has 26 heavy (non-hydrogen) atoms. The second kappa shape index (κ2) is 8.96. The van der Waals surface area contributed by atoms with Gasteiger partial charge in [0.15, 0.2) is 5.78 Å². The fourth-order valence-corrected chi connectivity index (χ4v) is 2.99. The van der Waals surface area contributed by atoms with E-state index in [0.717, 1.165) is 12.2 Å². The Balaban J connectivity index is 1.79. The van der Waals surface area contributed by atoms with Gasteiger partial charge in [-0.3, -0.25) is 9.35 Å². The van der Waals surface area contributed by atoms with Gasteiger partial charge in [0.1, 0.15) is 5.75 Å². The molecule has 140 valence electrons. The van der Waals surface area contributed by atoms with Gasteiger partial charge in [0.25, 0.3) is 10.1 Å². The molecule has 2 aromatic carbocycles. The van der Waals surface area contributed by atoms with Crippen LogP contribution in [0.15, 0.2) is 53.4 Å². The van der Waals surface area contributed by atoms with Gasteiger partial charge in [-0.05, 0) is 48.6 Å². The topological polar surface area (TPSA) is 80.7 Å². The summed E-state index contributed by atoms with van der Waals surface area (Å²) in [6.07, 6.45) is 1.95. The molecule has 0 spiro atoms. The third kappa shape index (κ3) is 5.68. The van der Waals surface area contributed by atoms with Crippen molar-refractivity contribution in [2.45, 2.75) is 43.9 Å². The van der Waals surface area contributed by atoms with Crippen LogP contribution >= 0.6 is 0 Å². The number of hydrogen-bond acceptors (Lipinski definition) is 4. The molecule has 0 saturated heterocycles. The second-order valence-electron chi connectivity index (χ2n) is 6.25. The molecule has 6 heteroatoms. The molecule has 0 bridgehead atoms. The molecule has 1 atom stereocenters. The highest BCUT2D eigenvalue weighted by atomic mass is 32.2. The SMILES string of the molecule is CCC(C)c1ccc(OCCCC(=O)c2ccc(S(=O)(=O)O)cc2)cc1. The van der Waals surface area contributed by atoms with Crippen molar-refractivity contribution in [3.8, 4) is 5.75 Å². The van der Waals surface area contributed by atoms with Crippen LogP contribution in [0, 0.1) is 0 Å². The summed E-state index contributed by atoms with van der Waals surface area (Å²) in [4.78, 5) is 11.9. The van der Waals surface area contributed by atoms with Crippen molar-refractivity contribution in [2.75, 3.05) is 6.61 Å². The van der Waals surface area contributed by atoms with Gasteiger partial charge in [0.2, 0.25) is 0 Å². The van der Waals surface area contributed by atoms with Crippen LogP contribution in [-0.2, 0) is 10.1 Å². The number of benzene rings is 2. The van der Waals surface area contributed by atoms with Gasteiger partial charge in [0.05, 0.1) is 11.5 Å². The standard InChI is InChI=1S/C20H24O5S/c1-3-15(2)16-6-10-18(11-7-16)25-14-4-5-20(21)17-8-12-19(13-9-17)26(22,23)24/h6-13,15H,3-5,14H2,1-2H3,(H,22,23,24). The van der Waals surface area contributed by atoms with Crippen LogP contribution in [0.1, 0.15) is 54.9 Å². The number of ether oxygens (including phenoxy) is 1. The molecule has 0 amide bonds. The van der Waals surface area contributed by atoms with E-state index in [9.17, 15) is 13.2 Å². The third-order valence-corrected chi connectivity index (χ3v) is 5.22. The van der Waals surface area contributed by atoms with E-state index in [-0.39, 0.29) is 10.7 Å². The minimum atomic E-state index is -4.24. The lowest BCUT2D eigenvalue weighted by Crippen LogP contribution is -2.05. The summed E-state index contributed by atoms with van der Waals surface area (Å²) in [5, 5.41) is 0. The van der Waals surface area contributed by atoms with Crippen molar-refractivity contribution in [3.05, 3.63) is 59.7 Å². The monoisotopic (exact) mass is 376 g/mol. The van der Waals surface area contributed by atoms with Gasteiger partial charge < -0.3 is 4.74 Å². The first-order valence-electron chi connectivity index (χ1n) is 8.64. The third-order valence-electron chi connectivity index (χ3n) is 4.35. The van der Waals surface area contributed by atoms with Gasteiger partial charge in [-0.15, -0.1) is 0 Å². The van der Waals surface area contributed by atoms with Gasteiger partial charge in [0, 0.05) is 12.0 Å². The maximum Gasteiger partial charge on any atom is 0.294 e. The average molecular weight is 376 g/mol. The Morgan fingerprint density at radius 2 is 1.69 bits per heavy atom. The Kier molecular flexibility index (Phi) is 6.94. The first kappa shape index (κ1) is 20.1. The van der Waals surface area contributed by atoms with Crippen LogP contribution in [0.25, 0.3) is 0 Å². The highest BCUT2D eigenvalue weighted by molar-refractivity contribution is 7.85. The zero-order valence-corrected chi connectivity index (χ0v) is 15.8. The van der Waals surface area contributed by atoms with E-state index in [2.05, 4.69) is 26.0 Å². The van der Waals surface area contributed by atoms with Crippen LogP contribution in [0.2, 0.25) is 0 Å². The number of ketones is 1. The summed E-state index contributed by atoms with van der Waals surface area (Å²) in [5.41, 5.74) is 1.69. The zero-order chi connectivity index (χ0) is 19.2. The van der Waals surface area contributed by atoms with E-state index in [1.807, 2.05) is 12.1 Å². The summed E-state index contributed by atoms with van der Waals surface area (Å²) >= 11 is 0. The fraction of sp³-hybridized carbons (Fsp3) is 0.350. The van der Waals surface area contributed by atoms with E-state index >= 15 is 0 Å². The van der Waals surface area contributed by atoms with Crippen LogP contribution in [0.3, 0.4) is 0 Å². The van der Waals surface area contributed by atoms with Gasteiger partial charge in [-0.25, -0.2) is 0 Å². The van der Waals surface area contributed by atoms with Crippen LogP contribution in [-0.4, -0.2) is 25.4 Å². The maximum absolute atomic E-state index is 12.1. The molecular formula is C20H24O5S. The summed E-state index contributed by atoms with van der Waals surface area (Å²) in [5.74, 6) is 1.21. The molecule has 2 aromatic rings. The molecule has 0 aliphatic rings. The second-order valence-corrected chi connectivity index (χ2v) is 7.67. The zero-order valence-electron chi connectivity index (χ0n) is 15.0. The average Bonchev–Trinajstić information content (AvgIpc) is 2.64. The van der Waals surface area contributed by atoms with Crippen molar-refractivity contribution >= 4 is 15.9 Å². The predicted molar refractivity (Wildman–Crippen MR) is 100 cm³/mol. The van der Waals surface area contributed by atoms with E-state index in [1.165, 1.54) is 29.8 Å². The summed E-state index contributed by atoms with van der Waals surface area (Å²) in [6.45, 7) is 4.77. The molecule has 1 N–H and O–H groups in total. The van der Waals surface area contributed by atoms with Crippen molar-refractivity contribution in [1.82, 2.24) is 0 Å². The van der Waals surface area contributed by atoms with Crippen LogP contribution in [0.4, 0.5) is 0 Å². The van der Waals surface area contributed by atoms with Crippen LogP contribution < -0.4 is 4.74 Å². The summed E-state index contributed by atoms with van der Waals surface area (Å²) in [7, 11) is -4.24. The van der Waals surface area contributed by atoms with E-state index < -0.39 is 10.1 Å². The lowest BCUT2D eigenvalue weighted by atomic mass is 9.99. The maximum atomic E-state index is 12.1. The number of Topliss-reactive ketones (excluding diaryl/α,β-unsaturated/α-hetero) is 1. The minimum absolute atomic E-state index is 0.0948. The molecule has 5 nitrogen and oxygen atoms in total. The minimum Gasteiger partial charge on any atom is -0.494 e. The van der Waals surface area contributed by atoms with Crippen molar-refractivity contribution in [1.29, 1.82) is 0 Å². The molecule has 0 aliphatic heterocycles. The highest BCUT2D eigenvalue weighted by Gasteiger charge is 2.11. The summed E-state index contributed by atoms with van der Waals surface area (Å²) < 4.78 is 36.6. The Morgan fingerprint density at radius 3 is 2.23 bits per heavy atom. The quantitative estimate of drug-likeness (QED) is 0.396. The molecule has 0 radical (unpaired) electrons. The number of hydrogen-bond donors (Lipinski definition) is 1. The molecule has 0 heterocycles. The lowest BCUT2D eigenvalue weighted by molar-refractivity contribution is 0.0973. The Hall–Kier alpha value is -2.18. The Bertz CT molecular complexity index is 824. The van der Waals surface area contributed by atoms with Crippen molar-refractivity contribution in [2.24, 2.45) is 0 Å². The molecule has 0 saturated carbocycles. The summed E-state index contributed by atoms with van der Waals surface area (Å²) in [6, 6.07) is 13.3. The molecule has 0 aliphatic carbocycles. The Labute approximate surface area is 154 Å². The molecule has 0 aromatic heterocycles.